The van der Waals surface area contributed by atoms with Crippen molar-refractivity contribution in [2.75, 3.05) is 19.6 Å². The van der Waals surface area contributed by atoms with E-state index in [9.17, 15) is 9.59 Å². The normalized spacial score (nSPS) is 22.9. The lowest BCUT2D eigenvalue weighted by Crippen LogP contribution is -2.37. The summed E-state index contributed by atoms with van der Waals surface area (Å²) < 4.78 is 10.7. The Kier molecular flexibility index (Phi) is 5.02. The number of aromatic nitrogens is 2. The van der Waals surface area contributed by atoms with Crippen LogP contribution in [0.5, 0.6) is 0 Å². The van der Waals surface area contributed by atoms with Crippen LogP contribution in [-0.2, 0) is 4.74 Å². The van der Waals surface area contributed by atoms with Crippen molar-refractivity contribution in [1.29, 1.82) is 0 Å². The molecule has 1 saturated heterocycles. The predicted octanol–water partition coefficient (Wildman–Crippen LogP) is 2.97. The van der Waals surface area contributed by atoms with E-state index in [1.165, 1.54) is 0 Å². The maximum atomic E-state index is 12.3. The van der Waals surface area contributed by atoms with Crippen molar-refractivity contribution in [3.63, 3.8) is 0 Å². The molecule has 0 spiro atoms. The van der Waals surface area contributed by atoms with Crippen molar-refractivity contribution in [3.05, 3.63) is 36.3 Å². The van der Waals surface area contributed by atoms with E-state index in [4.69, 9.17) is 9.26 Å². The summed E-state index contributed by atoms with van der Waals surface area (Å²) in [6, 6.07) is 5.27. The second kappa shape index (κ2) is 7.50. The molecule has 2 atom stereocenters. The van der Waals surface area contributed by atoms with Crippen molar-refractivity contribution in [1.82, 2.24) is 20.4 Å². The molecular formula is C21H26N4O4. The summed E-state index contributed by atoms with van der Waals surface area (Å²) in [4.78, 5) is 30.2. The summed E-state index contributed by atoms with van der Waals surface area (Å²) in [6.45, 7) is 7.70. The van der Waals surface area contributed by atoms with E-state index in [0.717, 1.165) is 25.1 Å². The third kappa shape index (κ3) is 4.41. The zero-order valence-electron chi connectivity index (χ0n) is 16.9. The lowest BCUT2D eigenvalue weighted by molar-refractivity contribution is 0.0265. The summed E-state index contributed by atoms with van der Waals surface area (Å²) in [7, 11) is 0. The highest BCUT2D eigenvalue weighted by atomic mass is 16.6. The van der Waals surface area contributed by atoms with Crippen molar-refractivity contribution in [2.45, 2.75) is 32.8 Å². The summed E-state index contributed by atoms with van der Waals surface area (Å²) in [5, 5.41) is 6.76. The topological polar surface area (TPSA) is 97.6 Å². The average Bonchev–Trinajstić information content (AvgIpc) is 3.09. The molecule has 2 unspecified atom stereocenters. The molecule has 154 valence electrons. The number of ether oxygens (including phenoxy) is 1. The number of pyridine rings is 1. The zero-order valence-corrected chi connectivity index (χ0v) is 16.9. The Morgan fingerprint density at radius 1 is 1.31 bits per heavy atom. The van der Waals surface area contributed by atoms with E-state index < -0.39 is 5.60 Å². The lowest BCUT2D eigenvalue weighted by Gasteiger charge is -2.25. The van der Waals surface area contributed by atoms with Crippen LogP contribution in [0.15, 0.2) is 35.1 Å². The number of carbonyl (C=O) groups excluding carboxylic acids is 2. The van der Waals surface area contributed by atoms with E-state index in [0.29, 0.717) is 30.1 Å². The smallest absolute Gasteiger partial charge is 0.410 e. The molecule has 8 heteroatoms. The van der Waals surface area contributed by atoms with Gasteiger partial charge in [-0.3, -0.25) is 9.78 Å². The molecule has 2 fully saturated rings. The quantitative estimate of drug-likeness (QED) is 0.832. The standard InChI is InChI=1S/C21H26N4O4/c1-21(2,3)28-20(27)25-11-15-14(16(15)12-25)6-8-23-19(26)17-9-18(29-24-17)13-5-4-7-22-10-13/h4-5,7,9-10,14-16H,6,8,11-12H2,1-3H3,(H,23,26). The van der Waals surface area contributed by atoms with Crippen LogP contribution in [0.3, 0.4) is 0 Å². The summed E-state index contributed by atoms with van der Waals surface area (Å²) >= 11 is 0. The van der Waals surface area contributed by atoms with Gasteiger partial charge in [-0.15, -0.1) is 0 Å². The second-order valence-corrected chi connectivity index (χ2v) is 8.74. The zero-order chi connectivity index (χ0) is 20.6. The molecule has 0 aromatic carbocycles. The number of carbonyl (C=O) groups is 2. The predicted molar refractivity (Wildman–Crippen MR) is 105 cm³/mol. The highest BCUT2D eigenvalue weighted by molar-refractivity contribution is 5.93. The SMILES string of the molecule is CC(C)(C)OC(=O)N1CC2C(CCNC(=O)c3cc(-c4cccnc4)on3)C2C1. The molecule has 2 aromatic rings. The Balaban J connectivity index is 1.19. The highest BCUT2D eigenvalue weighted by Gasteiger charge is 2.56. The first-order valence-electron chi connectivity index (χ1n) is 9.95. The van der Waals surface area contributed by atoms with Crippen LogP contribution in [0.4, 0.5) is 4.79 Å². The third-order valence-electron chi connectivity index (χ3n) is 5.48. The number of likely N-dealkylation sites (tertiary alicyclic amines) is 1. The molecule has 2 aliphatic rings. The van der Waals surface area contributed by atoms with Crippen LogP contribution in [0.2, 0.25) is 0 Å². The molecule has 1 N–H and O–H groups in total. The monoisotopic (exact) mass is 398 g/mol. The number of nitrogens with one attached hydrogen (secondary N) is 1. The van der Waals surface area contributed by atoms with Gasteiger partial charge in [0, 0.05) is 43.7 Å². The highest BCUT2D eigenvalue weighted by Crippen LogP contribution is 2.53. The van der Waals surface area contributed by atoms with E-state index in [2.05, 4.69) is 15.5 Å². The van der Waals surface area contributed by atoms with Crippen LogP contribution < -0.4 is 5.32 Å². The lowest BCUT2D eigenvalue weighted by atomic mass is 10.2. The first-order chi connectivity index (χ1) is 13.8. The third-order valence-corrected chi connectivity index (χ3v) is 5.48. The van der Waals surface area contributed by atoms with Gasteiger partial charge in [0.1, 0.15) is 5.60 Å². The molecule has 2 amide bonds. The Bertz CT molecular complexity index is 878. The van der Waals surface area contributed by atoms with Crippen LogP contribution in [0, 0.1) is 17.8 Å². The van der Waals surface area contributed by atoms with Crippen molar-refractivity contribution >= 4 is 12.0 Å². The van der Waals surface area contributed by atoms with Gasteiger partial charge >= 0.3 is 6.09 Å². The Morgan fingerprint density at radius 3 is 2.72 bits per heavy atom. The van der Waals surface area contributed by atoms with Crippen molar-refractivity contribution in [3.8, 4) is 11.3 Å². The molecular weight excluding hydrogens is 372 g/mol. The summed E-state index contributed by atoms with van der Waals surface area (Å²) in [6.07, 6.45) is 4.01. The number of fused-ring (bicyclic) bond motifs is 1. The fraction of sp³-hybridized carbons (Fsp3) is 0.524. The molecule has 3 heterocycles. The minimum atomic E-state index is -0.467. The van der Waals surface area contributed by atoms with Gasteiger partial charge in [0.25, 0.3) is 5.91 Å². The largest absolute Gasteiger partial charge is 0.444 e. The van der Waals surface area contributed by atoms with Crippen LogP contribution in [0.25, 0.3) is 11.3 Å². The number of hydrogen-bond donors (Lipinski definition) is 1. The number of hydrogen-bond acceptors (Lipinski definition) is 6. The molecule has 0 bridgehead atoms. The molecule has 0 radical (unpaired) electrons. The van der Waals surface area contributed by atoms with Gasteiger partial charge < -0.3 is 19.5 Å². The van der Waals surface area contributed by atoms with Crippen molar-refractivity contribution < 1.29 is 18.8 Å². The number of amides is 2. The molecule has 2 aromatic heterocycles. The van der Waals surface area contributed by atoms with Crippen LogP contribution in [-0.4, -0.2) is 52.3 Å². The van der Waals surface area contributed by atoms with Gasteiger partial charge in [-0.1, -0.05) is 5.16 Å². The fourth-order valence-electron chi connectivity index (χ4n) is 4.02. The molecule has 8 nitrogen and oxygen atoms in total. The Labute approximate surface area is 169 Å². The molecule has 1 saturated carbocycles. The minimum Gasteiger partial charge on any atom is -0.444 e. The maximum absolute atomic E-state index is 12.3. The summed E-state index contributed by atoms with van der Waals surface area (Å²) in [5.41, 5.74) is 0.571. The molecule has 1 aliphatic heterocycles. The van der Waals surface area contributed by atoms with Gasteiger partial charge in [-0.05, 0) is 57.1 Å². The Hall–Kier alpha value is -2.90. The minimum absolute atomic E-state index is 0.229. The van der Waals surface area contributed by atoms with E-state index in [1.807, 2.05) is 26.8 Å². The van der Waals surface area contributed by atoms with E-state index >= 15 is 0 Å². The van der Waals surface area contributed by atoms with Gasteiger partial charge in [-0.25, -0.2) is 4.79 Å². The first-order valence-corrected chi connectivity index (χ1v) is 9.95. The first kappa shape index (κ1) is 19.4. The van der Waals surface area contributed by atoms with Gasteiger partial charge in [0.15, 0.2) is 11.5 Å². The van der Waals surface area contributed by atoms with Gasteiger partial charge in [0.2, 0.25) is 0 Å². The van der Waals surface area contributed by atoms with Crippen LogP contribution >= 0.6 is 0 Å². The molecule has 1 aliphatic carbocycles. The number of piperidine rings is 1. The van der Waals surface area contributed by atoms with E-state index in [-0.39, 0.29) is 17.7 Å². The number of rotatable bonds is 5. The van der Waals surface area contributed by atoms with E-state index in [1.54, 1.807) is 29.4 Å². The number of nitrogens with zero attached hydrogens (tertiary/aromatic N) is 3. The van der Waals surface area contributed by atoms with Crippen molar-refractivity contribution in [2.24, 2.45) is 17.8 Å². The molecule has 29 heavy (non-hydrogen) atoms. The fourth-order valence-corrected chi connectivity index (χ4v) is 4.02. The Morgan fingerprint density at radius 2 is 2.07 bits per heavy atom. The second-order valence-electron chi connectivity index (χ2n) is 8.74. The maximum Gasteiger partial charge on any atom is 0.410 e. The van der Waals surface area contributed by atoms with Gasteiger partial charge in [0.05, 0.1) is 0 Å². The molecule has 4 rings (SSSR count). The van der Waals surface area contributed by atoms with Gasteiger partial charge in [-0.2, -0.15) is 0 Å². The average molecular weight is 398 g/mol. The van der Waals surface area contributed by atoms with Crippen LogP contribution in [0.1, 0.15) is 37.7 Å². The summed E-state index contributed by atoms with van der Waals surface area (Å²) in [5.74, 6) is 1.86.